The molecule has 0 aliphatic rings. The summed E-state index contributed by atoms with van der Waals surface area (Å²) in [6.07, 6.45) is 1.59. The number of benzene rings is 2. The monoisotopic (exact) mass is 459 g/mol. The Morgan fingerprint density at radius 1 is 1.38 bits per heavy atom. The number of halogens is 2. The summed E-state index contributed by atoms with van der Waals surface area (Å²) in [6.45, 7) is 1.60. The molecule has 0 fully saturated rings. The van der Waals surface area contributed by atoms with Crippen molar-refractivity contribution in [2.75, 3.05) is 13.2 Å². The number of aromatic amines is 1. The van der Waals surface area contributed by atoms with Crippen LogP contribution in [0, 0.1) is 17.1 Å². The van der Waals surface area contributed by atoms with Gasteiger partial charge in [-0.2, -0.15) is 5.26 Å². The Labute approximate surface area is 173 Å². The van der Waals surface area contributed by atoms with Crippen LogP contribution in [0.3, 0.4) is 0 Å². The van der Waals surface area contributed by atoms with Crippen LogP contribution in [0.1, 0.15) is 18.3 Å². The first-order valence-corrected chi connectivity index (χ1v) is 9.29. The van der Waals surface area contributed by atoms with E-state index in [1.807, 2.05) is 0 Å². The van der Waals surface area contributed by atoms with Crippen LogP contribution >= 0.6 is 15.9 Å². The summed E-state index contributed by atoms with van der Waals surface area (Å²) in [5.74, 6) is -0.635. The minimum atomic E-state index is -1.11. The number of carbonyl (C=O) groups is 1. The van der Waals surface area contributed by atoms with E-state index in [1.165, 1.54) is 18.2 Å². The molecule has 29 heavy (non-hydrogen) atoms. The molecule has 148 valence electrons. The first-order valence-electron chi connectivity index (χ1n) is 8.49. The lowest BCUT2D eigenvalue weighted by Crippen LogP contribution is -2.10. The number of H-pyrrole nitrogens is 1. The maximum absolute atomic E-state index is 13.4. The van der Waals surface area contributed by atoms with E-state index in [4.69, 9.17) is 14.6 Å². The number of carboxylic acid groups (broad SMARTS) is 1. The number of carboxylic acids is 1. The number of hydrogen-bond donors (Lipinski definition) is 2. The van der Waals surface area contributed by atoms with Crippen LogP contribution in [-0.2, 0) is 4.79 Å². The first kappa shape index (κ1) is 20.4. The van der Waals surface area contributed by atoms with Crippen LogP contribution < -0.4 is 9.47 Å². The third kappa shape index (κ3) is 4.73. The molecule has 0 spiro atoms. The van der Waals surface area contributed by atoms with E-state index >= 15 is 0 Å². The molecule has 1 aromatic heterocycles. The summed E-state index contributed by atoms with van der Waals surface area (Å²) in [5.41, 5.74) is 1.85. The summed E-state index contributed by atoms with van der Waals surface area (Å²) < 4.78 is 24.7. The number of nitrogens with zero attached hydrogens (tertiary/aromatic N) is 2. The fourth-order valence-electron chi connectivity index (χ4n) is 2.64. The van der Waals surface area contributed by atoms with Crippen molar-refractivity contribution in [3.05, 3.63) is 52.0 Å². The number of rotatable bonds is 7. The highest BCUT2D eigenvalue weighted by atomic mass is 79.9. The van der Waals surface area contributed by atoms with E-state index < -0.39 is 18.4 Å². The first-order chi connectivity index (χ1) is 13.9. The minimum absolute atomic E-state index is 0.232. The van der Waals surface area contributed by atoms with Crippen LogP contribution in [0.4, 0.5) is 4.39 Å². The molecule has 1 heterocycles. The molecule has 7 nitrogen and oxygen atoms in total. The molecule has 3 aromatic rings. The average molecular weight is 460 g/mol. The molecule has 0 saturated heterocycles. The highest BCUT2D eigenvalue weighted by molar-refractivity contribution is 9.10. The van der Waals surface area contributed by atoms with E-state index in [1.54, 1.807) is 25.1 Å². The number of hydrogen-bond acceptors (Lipinski definition) is 5. The lowest BCUT2D eigenvalue weighted by atomic mass is 10.1. The van der Waals surface area contributed by atoms with Gasteiger partial charge in [0.05, 0.1) is 27.7 Å². The van der Waals surface area contributed by atoms with Gasteiger partial charge in [-0.3, -0.25) is 0 Å². The van der Waals surface area contributed by atoms with Gasteiger partial charge in [-0.15, -0.1) is 0 Å². The number of fused-ring (bicyclic) bond motifs is 1. The summed E-state index contributed by atoms with van der Waals surface area (Å²) in [6, 6.07) is 9.50. The van der Waals surface area contributed by atoms with E-state index in [9.17, 15) is 14.4 Å². The molecule has 0 amide bonds. The Morgan fingerprint density at radius 2 is 2.17 bits per heavy atom. The van der Waals surface area contributed by atoms with E-state index in [0.717, 1.165) is 0 Å². The van der Waals surface area contributed by atoms with Crippen molar-refractivity contribution in [1.82, 2.24) is 9.97 Å². The molecule has 9 heteroatoms. The largest absolute Gasteiger partial charge is 0.490 e. The predicted molar refractivity (Wildman–Crippen MR) is 108 cm³/mol. The number of allylic oxidation sites excluding steroid dienone is 1. The zero-order chi connectivity index (χ0) is 21.0. The lowest BCUT2D eigenvalue weighted by Gasteiger charge is -2.13. The van der Waals surface area contributed by atoms with Crippen molar-refractivity contribution in [1.29, 1.82) is 5.26 Å². The molecule has 0 unspecified atom stereocenters. The van der Waals surface area contributed by atoms with E-state index in [2.05, 4.69) is 32.0 Å². The number of aromatic nitrogens is 2. The minimum Gasteiger partial charge on any atom is -0.490 e. The Hall–Kier alpha value is -3.38. The van der Waals surface area contributed by atoms with Gasteiger partial charge in [-0.25, -0.2) is 14.2 Å². The highest BCUT2D eigenvalue weighted by Gasteiger charge is 2.15. The maximum atomic E-state index is 13.4. The van der Waals surface area contributed by atoms with Crippen molar-refractivity contribution < 1.29 is 23.8 Å². The highest BCUT2D eigenvalue weighted by Crippen LogP contribution is 2.38. The van der Waals surface area contributed by atoms with Crippen molar-refractivity contribution in [3.63, 3.8) is 0 Å². The van der Waals surface area contributed by atoms with Gasteiger partial charge in [0.15, 0.2) is 18.1 Å². The van der Waals surface area contributed by atoms with Gasteiger partial charge in [0.2, 0.25) is 0 Å². The molecule has 0 saturated carbocycles. The van der Waals surface area contributed by atoms with Crippen LogP contribution in [0.5, 0.6) is 11.5 Å². The summed E-state index contributed by atoms with van der Waals surface area (Å²) in [5, 5.41) is 18.4. The Morgan fingerprint density at radius 3 is 2.86 bits per heavy atom. The number of nitriles is 1. The Kier molecular flexibility index (Phi) is 6.14. The zero-order valence-corrected chi connectivity index (χ0v) is 16.8. The third-order valence-corrected chi connectivity index (χ3v) is 4.39. The van der Waals surface area contributed by atoms with Gasteiger partial charge in [-0.05, 0) is 64.8 Å². The molecule has 0 radical (unpaired) electrons. The van der Waals surface area contributed by atoms with Gasteiger partial charge in [-0.1, -0.05) is 0 Å². The van der Waals surface area contributed by atoms with Gasteiger partial charge in [0, 0.05) is 0 Å². The van der Waals surface area contributed by atoms with Gasteiger partial charge in [0.1, 0.15) is 17.7 Å². The molecule has 0 bridgehead atoms. The number of imidazole rings is 1. The van der Waals surface area contributed by atoms with E-state index in [-0.39, 0.29) is 11.3 Å². The lowest BCUT2D eigenvalue weighted by molar-refractivity contribution is -0.139. The van der Waals surface area contributed by atoms with E-state index in [0.29, 0.717) is 39.3 Å². The molecule has 2 N–H and O–H groups in total. The molecule has 0 atom stereocenters. The molecular formula is C20H15BrFN3O4. The van der Waals surface area contributed by atoms with Crippen molar-refractivity contribution in [2.45, 2.75) is 6.92 Å². The third-order valence-electron chi connectivity index (χ3n) is 3.80. The molecule has 3 rings (SSSR count). The van der Waals surface area contributed by atoms with Crippen molar-refractivity contribution in [2.24, 2.45) is 0 Å². The number of nitrogens with one attached hydrogen (secondary N) is 1. The second-order valence-electron chi connectivity index (χ2n) is 5.86. The summed E-state index contributed by atoms with van der Waals surface area (Å²) in [4.78, 5) is 18.0. The van der Waals surface area contributed by atoms with Gasteiger partial charge >= 0.3 is 5.97 Å². The van der Waals surface area contributed by atoms with Gasteiger partial charge in [0.25, 0.3) is 0 Å². The molecular weight excluding hydrogens is 445 g/mol. The van der Waals surface area contributed by atoms with Crippen LogP contribution in [-0.4, -0.2) is 34.3 Å². The second kappa shape index (κ2) is 8.75. The number of aliphatic carboxylic acids is 1. The quantitative estimate of drug-likeness (QED) is 0.507. The summed E-state index contributed by atoms with van der Waals surface area (Å²) in [7, 11) is 0. The standard InChI is InChI=1S/C20H15BrFN3O4/c1-2-28-17-7-11(6-14(21)19(17)29-10-18(26)27)5-12(9-23)20-24-15-4-3-13(22)8-16(15)25-20/h3-8H,2,10H2,1H3,(H,24,25)(H,26,27)/b12-5-. The van der Waals surface area contributed by atoms with Crippen molar-refractivity contribution >= 4 is 44.6 Å². The predicted octanol–water partition coefficient (Wildman–Crippen LogP) is 4.39. The molecule has 0 aliphatic carbocycles. The normalized spacial score (nSPS) is 11.3. The Bertz CT molecular complexity index is 1150. The summed E-state index contributed by atoms with van der Waals surface area (Å²) >= 11 is 3.35. The smallest absolute Gasteiger partial charge is 0.341 e. The SMILES string of the molecule is CCOc1cc(/C=C(/C#N)c2nc3ccc(F)cc3[nH]2)cc(Br)c1OCC(=O)O. The molecule has 0 aliphatic heterocycles. The van der Waals surface area contributed by atoms with Crippen LogP contribution in [0.25, 0.3) is 22.7 Å². The number of ether oxygens (including phenoxy) is 2. The van der Waals surface area contributed by atoms with Crippen LogP contribution in [0.2, 0.25) is 0 Å². The second-order valence-corrected chi connectivity index (χ2v) is 6.72. The van der Waals surface area contributed by atoms with Crippen LogP contribution in [0.15, 0.2) is 34.8 Å². The topological polar surface area (TPSA) is 108 Å². The van der Waals surface area contributed by atoms with Crippen molar-refractivity contribution in [3.8, 4) is 17.6 Å². The fraction of sp³-hybridized carbons (Fsp3) is 0.150. The van der Waals surface area contributed by atoms with Gasteiger partial charge < -0.3 is 19.6 Å². The molecule has 2 aromatic carbocycles. The maximum Gasteiger partial charge on any atom is 0.341 e. The average Bonchev–Trinajstić information content (AvgIpc) is 3.08. The fourth-order valence-corrected chi connectivity index (χ4v) is 3.21. The Balaban J connectivity index is 2.01. The zero-order valence-electron chi connectivity index (χ0n) is 15.2.